The Morgan fingerprint density at radius 2 is 2.04 bits per heavy atom. The van der Waals surface area contributed by atoms with Crippen LogP contribution in [-0.4, -0.2) is 37.7 Å². The molecule has 0 saturated carbocycles. The predicted molar refractivity (Wildman–Crippen MR) is 100 cm³/mol. The average Bonchev–Trinajstić information content (AvgIpc) is 3.19. The van der Waals surface area contributed by atoms with Crippen molar-refractivity contribution in [3.63, 3.8) is 0 Å². The van der Waals surface area contributed by atoms with Crippen molar-refractivity contribution in [1.82, 2.24) is 9.47 Å². The molecule has 7 heteroatoms. The van der Waals surface area contributed by atoms with Crippen LogP contribution in [0.3, 0.4) is 0 Å². The molecule has 0 aliphatic carbocycles. The number of carboxylic acids is 1. The molecule has 1 N–H and O–H groups in total. The maximum absolute atomic E-state index is 12.5. The highest BCUT2D eigenvalue weighted by Gasteiger charge is 2.37. The molecule has 1 fully saturated rings. The normalized spacial score (nSPS) is 17.0. The Morgan fingerprint density at radius 1 is 1.27 bits per heavy atom. The summed E-state index contributed by atoms with van der Waals surface area (Å²) < 4.78 is 1.76. The lowest BCUT2D eigenvalue weighted by molar-refractivity contribution is -0.123. The lowest BCUT2D eigenvalue weighted by atomic mass is 10.2. The molecular weight excluding hydrogens is 352 g/mol. The van der Waals surface area contributed by atoms with Gasteiger partial charge in [-0.25, -0.2) is 4.79 Å². The summed E-state index contributed by atoms with van der Waals surface area (Å²) in [4.78, 5) is 37.3. The van der Waals surface area contributed by atoms with Gasteiger partial charge in [0.2, 0.25) is 0 Å². The van der Waals surface area contributed by atoms with Crippen molar-refractivity contribution in [3.8, 4) is 5.69 Å². The van der Waals surface area contributed by atoms with Crippen molar-refractivity contribution in [2.24, 2.45) is 0 Å². The minimum atomic E-state index is -1.01. The van der Waals surface area contributed by atoms with Crippen molar-refractivity contribution >= 4 is 35.0 Å². The summed E-state index contributed by atoms with van der Waals surface area (Å²) >= 11 is 0.879. The number of amides is 2. The molecule has 2 heterocycles. The highest BCUT2D eigenvalue weighted by Crippen LogP contribution is 2.34. The van der Waals surface area contributed by atoms with Crippen LogP contribution in [0.5, 0.6) is 0 Å². The van der Waals surface area contributed by atoms with Gasteiger partial charge < -0.3 is 9.67 Å². The Labute approximate surface area is 154 Å². The number of hydrogen-bond acceptors (Lipinski definition) is 4. The van der Waals surface area contributed by atoms with Gasteiger partial charge in [0, 0.05) is 17.6 Å². The van der Waals surface area contributed by atoms with Crippen LogP contribution in [0.15, 0.2) is 60.2 Å². The molecule has 2 amide bonds. The van der Waals surface area contributed by atoms with E-state index in [2.05, 4.69) is 6.58 Å². The molecule has 0 bridgehead atoms. The molecule has 0 spiro atoms. The SMILES string of the molecule is C=C[C@@H](C)N1C(=O)S/C(=C\c2cccn2-c2cccc(C(=O)O)c2)C1=O. The number of hydrogen-bond donors (Lipinski definition) is 1. The maximum Gasteiger partial charge on any atom is 0.335 e. The molecule has 1 aromatic carbocycles. The van der Waals surface area contributed by atoms with E-state index < -0.39 is 5.97 Å². The van der Waals surface area contributed by atoms with E-state index >= 15 is 0 Å². The third kappa shape index (κ3) is 3.21. The summed E-state index contributed by atoms with van der Waals surface area (Å²) in [5.74, 6) is -1.38. The number of carbonyl (C=O) groups excluding carboxylic acids is 2. The lowest BCUT2D eigenvalue weighted by Crippen LogP contribution is -2.35. The van der Waals surface area contributed by atoms with Crippen LogP contribution in [-0.2, 0) is 4.79 Å². The number of thioether (sulfide) groups is 1. The summed E-state index contributed by atoms with van der Waals surface area (Å²) in [7, 11) is 0. The quantitative estimate of drug-likeness (QED) is 0.642. The number of aromatic carboxylic acids is 1. The molecule has 1 aromatic heterocycles. The fourth-order valence-corrected chi connectivity index (χ4v) is 3.51. The van der Waals surface area contributed by atoms with E-state index in [0.717, 1.165) is 11.8 Å². The molecule has 3 rings (SSSR count). The Kier molecular flexibility index (Phi) is 4.81. The van der Waals surface area contributed by atoms with E-state index in [0.29, 0.717) is 16.3 Å². The Bertz CT molecular complexity index is 945. The van der Waals surface area contributed by atoms with Crippen LogP contribution in [0.4, 0.5) is 4.79 Å². The van der Waals surface area contributed by atoms with E-state index in [1.54, 1.807) is 60.2 Å². The number of aromatic nitrogens is 1. The molecule has 0 unspecified atom stereocenters. The second-order valence-electron chi connectivity index (χ2n) is 5.69. The molecule has 2 aromatic rings. The van der Waals surface area contributed by atoms with Crippen LogP contribution in [0.25, 0.3) is 11.8 Å². The number of carboxylic acid groups (broad SMARTS) is 1. The summed E-state index contributed by atoms with van der Waals surface area (Å²) in [6.45, 7) is 5.35. The van der Waals surface area contributed by atoms with Gasteiger partial charge in [-0.1, -0.05) is 12.1 Å². The van der Waals surface area contributed by atoms with E-state index in [9.17, 15) is 14.4 Å². The summed E-state index contributed by atoms with van der Waals surface area (Å²) in [6, 6.07) is 9.68. The Balaban J connectivity index is 1.97. The maximum atomic E-state index is 12.5. The van der Waals surface area contributed by atoms with E-state index in [4.69, 9.17) is 5.11 Å². The number of rotatable bonds is 5. The van der Waals surface area contributed by atoms with Crippen molar-refractivity contribution in [2.75, 3.05) is 0 Å². The first-order valence-electron chi connectivity index (χ1n) is 7.83. The summed E-state index contributed by atoms with van der Waals surface area (Å²) in [5, 5.41) is 8.82. The van der Waals surface area contributed by atoms with Gasteiger partial charge in [0.05, 0.1) is 16.5 Å². The van der Waals surface area contributed by atoms with Crippen LogP contribution in [0, 0.1) is 0 Å². The minimum absolute atomic E-state index is 0.169. The third-order valence-electron chi connectivity index (χ3n) is 4.00. The van der Waals surface area contributed by atoms with Crippen LogP contribution < -0.4 is 0 Å². The first-order valence-corrected chi connectivity index (χ1v) is 8.64. The van der Waals surface area contributed by atoms with Gasteiger partial charge in [-0.2, -0.15) is 0 Å². The monoisotopic (exact) mass is 368 g/mol. The van der Waals surface area contributed by atoms with E-state index in [1.807, 2.05) is 0 Å². The summed E-state index contributed by atoms with van der Waals surface area (Å²) in [5.41, 5.74) is 1.49. The number of imide groups is 1. The van der Waals surface area contributed by atoms with Gasteiger partial charge in [-0.3, -0.25) is 14.5 Å². The topological polar surface area (TPSA) is 79.6 Å². The number of carbonyl (C=O) groups is 3. The largest absolute Gasteiger partial charge is 0.478 e. The third-order valence-corrected chi connectivity index (χ3v) is 4.89. The fraction of sp³-hybridized carbons (Fsp3) is 0.105. The zero-order valence-corrected chi connectivity index (χ0v) is 14.8. The molecule has 1 aliphatic rings. The summed E-state index contributed by atoms with van der Waals surface area (Å²) in [6.07, 6.45) is 4.94. The van der Waals surface area contributed by atoms with Gasteiger partial charge in [0.25, 0.3) is 11.1 Å². The highest BCUT2D eigenvalue weighted by molar-refractivity contribution is 8.18. The van der Waals surface area contributed by atoms with Crippen molar-refractivity contribution < 1.29 is 19.5 Å². The second-order valence-corrected chi connectivity index (χ2v) is 6.68. The fourth-order valence-electron chi connectivity index (χ4n) is 2.61. The zero-order chi connectivity index (χ0) is 18.8. The zero-order valence-electron chi connectivity index (χ0n) is 14.0. The first-order chi connectivity index (χ1) is 12.4. The Hall–Kier alpha value is -3.06. The molecule has 1 atom stereocenters. The van der Waals surface area contributed by atoms with Gasteiger partial charge in [0.1, 0.15) is 0 Å². The lowest BCUT2D eigenvalue weighted by Gasteiger charge is -2.17. The van der Waals surface area contributed by atoms with E-state index in [-0.39, 0.29) is 22.8 Å². The van der Waals surface area contributed by atoms with Crippen LogP contribution in [0.1, 0.15) is 23.0 Å². The van der Waals surface area contributed by atoms with Crippen molar-refractivity contribution in [1.29, 1.82) is 0 Å². The minimum Gasteiger partial charge on any atom is -0.478 e. The van der Waals surface area contributed by atoms with Gasteiger partial charge in [0.15, 0.2) is 0 Å². The molecule has 0 radical (unpaired) electrons. The average molecular weight is 368 g/mol. The van der Waals surface area contributed by atoms with Gasteiger partial charge >= 0.3 is 5.97 Å². The molecule has 132 valence electrons. The van der Waals surface area contributed by atoms with E-state index in [1.165, 1.54) is 11.0 Å². The molecule has 1 aliphatic heterocycles. The molecule has 26 heavy (non-hydrogen) atoms. The second kappa shape index (κ2) is 7.05. The molecule has 6 nitrogen and oxygen atoms in total. The van der Waals surface area contributed by atoms with Crippen molar-refractivity contribution in [3.05, 3.63) is 71.4 Å². The number of benzene rings is 1. The smallest absolute Gasteiger partial charge is 0.335 e. The van der Waals surface area contributed by atoms with Gasteiger partial charge in [-0.15, -0.1) is 6.58 Å². The molecular formula is C19H16N2O4S. The standard InChI is InChI=1S/C19H16N2O4S/c1-3-12(2)21-17(22)16(26-19(21)25)11-15-8-5-9-20(15)14-7-4-6-13(10-14)18(23)24/h3-12H,1H2,2H3,(H,23,24)/b16-11-/t12-/m1/s1. The number of nitrogens with zero attached hydrogens (tertiary/aromatic N) is 2. The van der Waals surface area contributed by atoms with Crippen LogP contribution in [0.2, 0.25) is 0 Å². The van der Waals surface area contributed by atoms with Crippen molar-refractivity contribution in [2.45, 2.75) is 13.0 Å². The highest BCUT2D eigenvalue weighted by atomic mass is 32.2. The van der Waals surface area contributed by atoms with Crippen LogP contribution >= 0.6 is 11.8 Å². The Morgan fingerprint density at radius 3 is 2.73 bits per heavy atom. The van der Waals surface area contributed by atoms with Gasteiger partial charge in [-0.05, 0) is 55.1 Å². The molecule has 1 saturated heterocycles. The predicted octanol–water partition coefficient (Wildman–Crippen LogP) is 3.79. The first kappa shape index (κ1) is 17.8.